The van der Waals surface area contributed by atoms with Crippen molar-refractivity contribution in [1.82, 2.24) is 15.3 Å². The van der Waals surface area contributed by atoms with Crippen molar-refractivity contribution < 1.29 is 22.4 Å². The third kappa shape index (κ3) is 3.73. The van der Waals surface area contributed by atoms with Crippen molar-refractivity contribution in [2.24, 2.45) is 0 Å². The van der Waals surface area contributed by atoms with Gasteiger partial charge in [-0.15, -0.1) is 0 Å². The number of benzene rings is 1. The highest BCUT2D eigenvalue weighted by molar-refractivity contribution is 6.01. The summed E-state index contributed by atoms with van der Waals surface area (Å²) in [6, 6.07) is 7.37. The molecular weight excluding hydrogens is 338 g/mol. The fourth-order valence-electron chi connectivity index (χ4n) is 2.35. The molecule has 2 heterocycles. The fourth-order valence-corrected chi connectivity index (χ4v) is 2.35. The summed E-state index contributed by atoms with van der Waals surface area (Å²) in [4.78, 5) is 19.9. The predicted molar refractivity (Wildman–Crippen MR) is 83.3 cm³/mol. The lowest BCUT2D eigenvalue weighted by atomic mass is 10.0. The van der Waals surface area contributed by atoms with Gasteiger partial charge in [0.25, 0.3) is 5.91 Å². The maximum atomic E-state index is 14.1. The molecule has 0 atom stereocenters. The van der Waals surface area contributed by atoms with Crippen LogP contribution in [0.25, 0.3) is 22.0 Å². The van der Waals surface area contributed by atoms with Crippen LogP contribution in [0.3, 0.4) is 0 Å². The summed E-state index contributed by atoms with van der Waals surface area (Å²) in [6.45, 7) is -1.44. The van der Waals surface area contributed by atoms with Crippen LogP contribution in [0.1, 0.15) is 10.4 Å². The molecule has 0 aliphatic rings. The first-order valence-electron chi connectivity index (χ1n) is 7.19. The van der Waals surface area contributed by atoms with E-state index in [-0.39, 0.29) is 11.1 Å². The van der Waals surface area contributed by atoms with Gasteiger partial charge in [-0.25, -0.2) is 4.39 Å². The molecule has 128 valence electrons. The van der Waals surface area contributed by atoms with E-state index < -0.39 is 24.4 Å². The topological polar surface area (TPSA) is 54.9 Å². The van der Waals surface area contributed by atoms with Gasteiger partial charge in [0.05, 0.1) is 17.3 Å². The van der Waals surface area contributed by atoms with Crippen LogP contribution >= 0.6 is 0 Å². The van der Waals surface area contributed by atoms with Crippen molar-refractivity contribution in [1.29, 1.82) is 0 Å². The van der Waals surface area contributed by atoms with Gasteiger partial charge in [0.2, 0.25) is 0 Å². The zero-order chi connectivity index (χ0) is 18.0. The number of amides is 1. The molecule has 25 heavy (non-hydrogen) atoms. The Hall–Kier alpha value is -3.03. The van der Waals surface area contributed by atoms with Crippen LogP contribution < -0.4 is 5.32 Å². The van der Waals surface area contributed by atoms with E-state index in [9.17, 15) is 22.4 Å². The Bertz CT molecular complexity index is 941. The molecule has 0 fully saturated rings. The molecule has 1 amide bonds. The summed E-state index contributed by atoms with van der Waals surface area (Å²) in [7, 11) is 0. The monoisotopic (exact) mass is 349 g/mol. The molecule has 8 heteroatoms. The Balaban J connectivity index is 2.04. The molecule has 0 saturated heterocycles. The number of nitrogens with one attached hydrogen (secondary N) is 1. The average molecular weight is 349 g/mol. The third-order valence-electron chi connectivity index (χ3n) is 3.48. The number of fused-ring (bicyclic) bond motifs is 1. The molecule has 4 nitrogen and oxygen atoms in total. The molecule has 3 aromatic rings. The molecule has 2 aromatic heterocycles. The number of carbonyl (C=O) groups is 1. The highest BCUT2D eigenvalue weighted by Crippen LogP contribution is 2.29. The highest BCUT2D eigenvalue weighted by atomic mass is 19.4. The van der Waals surface area contributed by atoms with Gasteiger partial charge in [-0.3, -0.25) is 14.8 Å². The van der Waals surface area contributed by atoms with E-state index >= 15 is 0 Å². The molecule has 0 radical (unpaired) electrons. The summed E-state index contributed by atoms with van der Waals surface area (Å²) < 4.78 is 50.8. The van der Waals surface area contributed by atoms with Crippen molar-refractivity contribution in [3.63, 3.8) is 0 Å². The lowest BCUT2D eigenvalue weighted by Crippen LogP contribution is -2.33. The molecule has 0 spiro atoms. The quantitative estimate of drug-likeness (QED) is 0.733. The van der Waals surface area contributed by atoms with E-state index in [1.807, 2.05) is 0 Å². The molecule has 1 aromatic carbocycles. The van der Waals surface area contributed by atoms with Crippen LogP contribution in [0, 0.1) is 5.82 Å². The van der Waals surface area contributed by atoms with Crippen LogP contribution in [0.4, 0.5) is 17.6 Å². The predicted octanol–water partition coefficient (Wildman–Crippen LogP) is 3.73. The van der Waals surface area contributed by atoms with Crippen molar-refractivity contribution >= 4 is 16.8 Å². The Kier molecular flexibility index (Phi) is 4.35. The molecular formula is C17H11F4N3O. The van der Waals surface area contributed by atoms with Gasteiger partial charge >= 0.3 is 6.18 Å². The van der Waals surface area contributed by atoms with Crippen molar-refractivity contribution in [3.8, 4) is 11.1 Å². The first kappa shape index (κ1) is 16.8. The Morgan fingerprint density at radius 3 is 2.56 bits per heavy atom. The van der Waals surface area contributed by atoms with Gasteiger partial charge in [0.15, 0.2) is 0 Å². The minimum Gasteiger partial charge on any atom is -0.343 e. The van der Waals surface area contributed by atoms with Gasteiger partial charge in [-0.05, 0) is 12.1 Å². The lowest BCUT2D eigenvalue weighted by molar-refractivity contribution is -0.123. The van der Waals surface area contributed by atoms with Crippen LogP contribution in [-0.2, 0) is 0 Å². The molecule has 0 unspecified atom stereocenters. The fraction of sp³-hybridized carbons (Fsp3) is 0.118. The number of hydrogen-bond acceptors (Lipinski definition) is 3. The van der Waals surface area contributed by atoms with E-state index in [0.717, 1.165) is 6.20 Å². The number of aromatic nitrogens is 2. The number of pyridine rings is 2. The van der Waals surface area contributed by atoms with Gasteiger partial charge < -0.3 is 5.32 Å². The summed E-state index contributed by atoms with van der Waals surface area (Å²) in [5.41, 5.74) is 0.998. The van der Waals surface area contributed by atoms with E-state index in [1.165, 1.54) is 30.6 Å². The van der Waals surface area contributed by atoms with E-state index in [0.29, 0.717) is 16.5 Å². The van der Waals surface area contributed by atoms with Gasteiger partial charge in [-0.1, -0.05) is 18.2 Å². The maximum absolute atomic E-state index is 14.1. The first-order chi connectivity index (χ1) is 11.8. The Morgan fingerprint density at radius 1 is 1.08 bits per heavy atom. The van der Waals surface area contributed by atoms with Gasteiger partial charge in [0.1, 0.15) is 12.4 Å². The Morgan fingerprint density at radius 2 is 1.84 bits per heavy atom. The largest absolute Gasteiger partial charge is 0.405 e. The molecule has 0 aliphatic heterocycles. The van der Waals surface area contributed by atoms with Crippen molar-refractivity contribution in [2.75, 3.05) is 6.54 Å². The Labute approximate surface area is 139 Å². The highest BCUT2D eigenvalue weighted by Gasteiger charge is 2.28. The number of alkyl halides is 3. The second-order valence-electron chi connectivity index (χ2n) is 5.26. The second-order valence-corrected chi connectivity index (χ2v) is 5.26. The summed E-state index contributed by atoms with van der Waals surface area (Å²) >= 11 is 0. The van der Waals surface area contributed by atoms with E-state index in [4.69, 9.17) is 0 Å². The SMILES string of the molecule is O=C(NCC(F)(F)F)c1cnc2cncc(-c3ccccc3F)c2c1. The molecule has 0 saturated carbocycles. The molecule has 3 rings (SSSR count). The summed E-state index contributed by atoms with van der Waals surface area (Å²) in [6.07, 6.45) is -0.514. The summed E-state index contributed by atoms with van der Waals surface area (Å²) in [5, 5.41) is 2.20. The molecule has 0 aliphatic carbocycles. The smallest absolute Gasteiger partial charge is 0.343 e. The lowest BCUT2D eigenvalue weighted by Gasteiger charge is -2.10. The standard InChI is InChI=1S/C17H11F4N3O/c18-14-4-2-1-3-11(14)13-7-22-8-15-12(13)5-10(6-23-15)16(25)24-9-17(19,20)21/h1-8H,9H2,(H,24,25). The van der Waals surface area contributed by atoms with Crippen molar-refractivity contribution in [2.45, 2.75) is 6.18 Å². The first-order valence-corrected chi connectivity index (χ1v) is 7.19. The maximum Gasteiger partial charge on any atom is 0.405 e. The zero-order valence-corrected chi connectivity index (χ0v) is 12.6. The third-order valence-corrected chi connectivity index (χ3v) is 3.48. The number of carbonyl (C=O) groups excluding carboxylic acids is 1. The zero-order valence-electron chi connectivity index (χ0n) is 12.6. The second kappa shape index (κ2) is 6.46. The normalized spacial score (nSPS) is 11.5. The van der Waals surface area contributed by atoms with Crippen molar-refractivity contribution in [3.05, 3.63) is 60.3 Å². The average Bonchev–Trinajstić information content (AvgIpc) is 2.58. The van der Waals surface area contributed by atoms with Gasteiger partial charge in [0, 0.05) is 28.9 Å². The minimum atomic E-state index is -4.51. The number of rotatable bonds is 3. The van der Waals surface area contributed by atoms with Crippen LogP contribution in [-0.4, -0.2) is 28.6 Å². The van der Waals surface area contributed by atoms with Crippen LogP contribution in [0.2, 0.25) is 0 Å². The van der Waals surface area contributed by atoms with Gasteiger partial charge in [-0.2, -0.15) is 13.2 Å². The minimum absolute atomic E-state index is 0.0551. The number of hydrogen-bond donors (Lipinski definition) is 1. The number of nitrogens with zero attached hydrogens (tertiary/aromatic N) is 2. The van der Waals surface area contributed by atoms with Crippen LogP contribution in [0.15, 0.2) is 48.9 Å². The number of halogens is 4. The van der Waals surface area contributed by atoms with E-state index in [1.54, 1.807) is 17.4 Å². The molecule has 0 bridgehead atoms. The van der Waals surface area contributed by atoms with Crippen LogP contribution in [0.5, 0.6) is 0 Å². The van der Waals surface area contributed by atoms with E-state index in [2.05, 4.69) is 9.97 Å². The molecule has 1 N–H and O–H groups in total. The summed E-state index contributed by atoms with van der Waals surface area (Å²) in [5.74, 6) is -1.40.